The Bertz CT molecular complexity index is 1330. The number of amides is 3. The predicted octanol–water partition coefficient (Wildman–Crippen LogP) is 4.02. The number of halogens is 1. The average Bonchev–Trinajstić information content (AvgIpc) is 2.95. The highest BCUT2D eigenvalue weighted by molar-refractivity contribution is 5.94. The largest absolute Gasteiger partial charge is 0.459 e. The first-order valence-electron chi connectivity index (χ1n) is 13.9. The van der Waals surface area contributed by atoms with Gasteiger partial charge in [-0.15, -0.1) is 0 Å². The lowest BCUT2D eigenvalue weighted by Gasteiger charge is -2.25. The summed E-state index contributed by atoms with van der Waals surface area (Å²) >= 11 is 0. The zero-order valence-electron chi connectivity index (χ0n) is 24.2. The molecule has 0 aliphatic heterocycles. The highest BCUT2D eigenvalue weighted by atomic mass is 19.1. The van der Waals surface area contributed by atoms with E-state index in [1.807, 2.05) is 48.5 Å². The molecule has 0 aliphatic carbocycles. The summed E-state index contributed by atoms with van der Waals surface area (Å²) in [5.74, 6) is -2.70. The van der Waals surface area contributed by atoms with Gasteiger partial charge in [0.25, 0.3) is 0 Å². The maximum atomic E-state index is 13.5. The van der Waals surface area contributed by atoms with Crippen molar-refractivity contribution in [3.63, 3.8) is 0 Å². The number of aryl methyl sites for hydroxylation is 1. The Balaban J connectivity index is 1.75. The summed E-state index contributed by atoms with van der Waals surface area (Å²) in [5, 5.41) is 8.12. The Kier molecular flexibility index (Phi) is 11.8. The van der Waals surface area contributed by atoms with Crippen LogP contribution in [-0.4, -0.2) is 41.3 Å². The Hall–Kier alpha value is -4.53. The fourth-order valence-corrected chi connectivity index (χ4v) is 4.18. The number of carbonyl (C=O) groups excluding carboxylic acids is 4. The van der Waals surface area contributed by atoms with E-state index in [0.29, 0.717) is 12.0 Å². The molecule has 222 valence electrons. The van der Waals surface area contributed by atoms with Crippen molar-refractivity contribution in [2.75, 3.05) is 0 Å². The lowest BCUT2D eigenvalue weighted by molar-refractivity contribution is -0.149. The first-order valence-corrected chi connectivity index (χ1v) is 13.9. The standard InChI is InChI=1S/C33H38FN3O5/c1-33(2,3)37-30(39)21-27(35-29(38)19-16-23-10-6-4-7-11-23)31(40)36-28(20-24-14-17-26(34)18-15-24)32(41)42-22-25-12-8-5-9-13-25/h4-15,17-18,27-28H,16,19-22H2,1-3H3,(H,35,38)(H,36,40)(H,37,39)/t27-,28?/m0/s1. The molecule has 3 N–H and O–H groups in total. The summed E-state index contributed by atoms with van der Waals surface area (Å²) < 4.78 is 19.0. The molecule has 2 atom stereocenters. The number of carbonyl (C=O) groups is 4. The molecule has 3 rings (SSSR count). The van der Waals surface area contributed by atoms with Crippen LogP contribution in [0.3, 0.4) is 0 Å². The SMILES string of the molecule is CC(C)(C)NC(=O)C[C@H](NC(=O)CCc1ccccc1)C(=O)NC(Cc1ccc(F)cc1)C(=O)OCc1ccccc1. The topological polar surface area (TPSA) is 114 Å². The van der Waals surface area contributed by atoms with Crippen molar-refractivity contribution >= 4 is 23.7 Å². The van der Waals surface area contributed by atoms with Crippen molar-refractivity contribution in [1.82, 2.24) is 16.0 Å². The smallest absolute Gasteiger partial charge is 0.329 e. The number of nitrogens with one attached hydrogen (secondary N) is 3. The zero-order valence-corrected chi connectivity index (χ0v) is 24.2. The molecule has 0 bridgehead atoms. The van der Waals surface area contributed by atoms with E-state index < -0.39 is 47.1 Å². The lowest BCUT2D eigenvalue weighted by atomic mass is 10.0. The van der Waals surface area contributed by atoms with Crippen LogP contribution in [0.5, 0.6) is 0 Å². The van der Waals surface area contributed by atoms with Crippen LogP contribution in [0.1, 0.15) is 50.3 Å². The molecule has 3 aromatic rings. The molecule has 0 heterocycles. The second-order valence-corrected chi connectivity index (χ2v) is 11.1. The van der Waals surface area contributed by atoms with Crippen LogP contribution >= 0.6 is 0 Å². The summed E-state index contributed by atoms with van der Waals surface area (Å²) in [7, 11) is 0. The van der Waals surface area contributed by atoms with Crippen molar-refractivity contribution in [2.24, 2.45) is 0 Å². The highest BCUT2D eigenvalue weighted by Crippen LogP contribution is 2.11. The summed E-state index contributed by atoms with van der Waals surface area (Å²) in [6.07, 6.45) is 0.242. The molecule has 42 heavy (non-hydrogen) atoms. The summed E-state index contributed by atoms with van der Waals surface area (Å²) in [6.45, 7) is 5.41. The first-order chi connectivity index (χ1) is 20.0. The fourth-order valence-electron chi connectivity index (χ4n) is 4.18. The van der Waals surface area contributed by atoms with E-state index >= 15 is 0 Å². The van der Waals surface area contributed by atoms with Gasteiger partial charge in [-0.25, -0.2) is 9.18 Å². The molecule has 0 saturated carbocycles. The number of rotatable bonds is 13. The number of ether oxygens (including phenoxy) is 1. The first kappa shape index (κ1) is 32.0. The predicted molar refractivity (Wildman–Crippen MR) is 157 cm³/mol. The minimum atomic E-state index is -1.24. The number of hydrogen-bond acceptors (Lipinski definition) is 5. The third kappa shape index (κ3) is 11.5. The van der Waals surface area contributed by atoms with Gasteiger partial charge in [0.15, 0.2) is 0 Å². The van der Waals surface area contributed by atoms with E-state index in [4.69, 9.17) is 4.74 Å². The second-order valence-electron chi connectivity index (χ2n) is 11.1. The minimum Gasteiger partial charge on any atom is -0.459 e. The normalized spacial score (nSPS) is 12.5. The zero-order chi connectivity index (χ0) is 30.5. The number of benzene rings is 3. The fraction of sp³-hybridized carbons (Fsp3) is 0.333. The van der Waals surface area contributed by atoms with Crippen molar-refractivity contribution in [2.45, 2.75) is 70.7 Å². The van der Waals surface area contributed by atoms with Crippen molar-refractivity contribution in [3.8, 4) is 0 Å². The molecule has 3 amide bonds. The molecule has 0 spiro atoms. The van der Waals surface area contributed by atoms with Gasteiger partial charge < -0.3 is 20.7 Å². The molecule has 0 saturated heterocycles. The van der Waals surface area contributed by atoms with E-state index in [2.05, 4.69) is 16.0 Å². The number of hydrogen-bond donors (Lipinski definition) is 3. The third-order valence-electron chi connectivity index (χ3n) is 6.22. The third-order valence-corrected chi connectivity index (χ3v) is 6.22. The van der Waals surface area contributed by atoms with E-state index in [0.717, 1.165) is 11.1 Å². The molecule has 9 heteroatoms. The van der Waals surface area contributed by atoms with E-state index in [1.54, 1.807) is 32.9 Å². The van der Waals surface area contributed by atoms with Crippen molar-refractivity contribution < 1.29 is 28.3 Å². The molecule has 8 nitrogen and oxygen atoms in total. The van der Waals surface area contributed by atoms with Gasteiger partial charge in [0.1, 0.15) is 24.5 Å². The average molecular weight is 576 g/mol. The molecule has 0 aliphatic rings. The van der Waals surface area contributed by atoms with Crippen LogP contribution in [0, 0.1) is 5.82 Å². The van der Waals surface area contributed by atoms with Gasteiger partial charge in [-0.2, -0.15) is 0 Å². The Labute approximate surface area is 246 Å². The summed E-state index contributed by atoms with van der Waals surface area (Å²) in [5.41, 5.74) is 1.76. The van der Waals surface area contributed by atoms with Crippen LogP contribution < -0.4 is 16.0 Å². The maximum Gasteiger partial charge on any atom is 0.329 e. The van der Waals surface area contributed by atoms with Crippen molar-refractivity contribution in [3.05, 3.63) is 107 Å². The molecular weight excluding hydrogens is 537 g/mol. The Morgan fingerprint density at radius 2 is 1.33 bits per heavy atom. The lowest BCUT2D eigenvalue weighted by Crippen LogP contribution is -2.54. The molecular formula is C33H38FN3O5. The molecule has 0 aromatic heterocycles. The second kappa shape index (κ2) is 15.5. The number of esters is 1. The van der Waals surface area contributed by atoms with Gasteiger partial charge in [0, 0.05) is 18.4 Å². The molecule has 1 unspecified atom stereocenters. The van der Waals surface area contributed by atoms with Gasteiger partial charge in [-0.1, -0.05) is 72.8 Å². The van der Waals surface area contributed by atoms with Crippen LogP contribution in [0.2, 0.25) is 0 Å². The van der Waals surface area contributed by atoms with Crippen molar-refractivity contribution in [1.29, 1.82) is 0 Å². The van der Waals surface area contributed by atoms with Gasteiger partial charge in [-0.05, 0) is 56.0 Å². The highest BCUT2D eigenvalue weighted by Gasteiger charge is 2.30. The van der Waals surface area contributed by atoms with E-state index in [1.165, 1.54) is 24.3 Å². The minimum absolute atomic E-state index is 0.0108. The Morgan fingerprint density at radius 3 is 1.93 bits per heavy atom. The molecule has 3 aromatic carbocycles. The van der Waals surface area contributed by atoms with Crippen LogP contribution in [0.25, 0.3) is 0 Å². The monoisotopic (exact) mass is 575 g/mol. The molecule has 0 radical (unpaired) electrons. The van der Waals surface area contributed by atoms with Gasteiger partial charge in [0.2, 0.25) is 17.7 Å². The molecule has 0 fully saturated rings. The van der Waals surface area contributed by atoms with E-state index in [-0.39, 0.29) is 25.9 Å². The van der Waals surface area contributed by atoms with Crippen LogP contribution in [0.4, 0.5) is 4.39 Å². The summed E-state index contributed by atoms with van der Waals surface area (Å²) in [4.78, 5) is 52.3. The quantitative estimate of drug-likeness (QED) is 0.267. The maximum absolute atomic E-state index is 13.5. The van der Waals surface area contributed by atoms with Gasteiger partial charge >= 0.3 is 5.97 Å². The van der Waals surface area contributed by atoms with Gasteiger partial charge in [-0.3, -0.25) is 14.4 Å². The Morgan fingerprint density at radius 1 is 0.738 bits per heavy atom. The van der Waals surface area contributed by atoms with Crippen LogP contribution in [-0.2, 0) is 43.4 Å². The van der Waals surface area contributed by atoms with Gasteiger partial charge in [0.05, 0.1) is 6.42 Å². The van der Waals surface area contributed by atoms with Crippen LogP contribution in [0.15, 0.2) is 84.9 Å². The summed E-state index contributed by atoms with van der Waals surface area (Å²) in [6, 6.07) is 21.6. The van der Waals surface area contributed by atoms with E-state index in [9.17, 15) is 23.6 Å².